The summed E-state index contributed by atoms with van der Waals surface area (Å²) in [4.78, 5) is 14.3. The van der Waals surface area contributed by atoms with Crippen molar-refractivity contribution >= 4 is 0 Å². The molecule has 2 nitrogen and oxygen atoms in total. The summed E-state index contributed by atoms with van der Waals surface area (Å²) in [5, 5.41) is 0. The minimum absolute atomic E-state index is 0.0700. The molecule has 0 aliphatic rings. The van der Waals surface area contributed by atoms with E-state index in [1.807, 2.05) is 42.5 Å². The van der Waals surface area contributed by atoms with Crippen LogP contribution in [-0.2, 0) is 0 Å². The summed E-state index contributed by atoms with van der Waals surface area (Å²) in [6.07, 6.45) is 1.70. The first-order valence-electron chi connectivity index (χ1n) is 6.63. The van der Waals surface area contributed by atoms with Crippen molar-refractivity contribution in [3.05, 3.63) is 106 Å². The lowest BCUT2D eigenvalue weighted by Crippen LogP contribution is -2.09. The van der Waals surface area contributed by atoms with E-state index in [9.17, 15) is 4.79 Å². The van der Waals surface area contributed by atoms with Crippen molar-refractivity contribution in [3.63, 3.8) is 0 Å². The van der Waals surface area contributed by atoms with Gasteiger partial charge in [0.25, 0.3) is 0 Å². The maximum atomic E-state index is 11.6. The molecule has 0 unspecified atom stereocenters. The summed E-state index contributed by atoms with van der Waals surface area (Å²) >= 11 is 0. The maximum absolute atomic E-state index is 11.6. The average molecular weight is 261 g/mol. The highest BCUT2D eigenvalue weighted by Gasteiger charge is 2.16. The van der Waals surface area contributed by atoms with E-state index in [2.05, 4.69) is 29.2 Å². The average Bonchev–Trinajstić information content (AvgIpc) is 2.50. The van der Waals surface area contributed by atoms with Crippen LogP contribution in [0.3, 0.4) is 0 Å². The first-order chi connectivity index (χ1) is 9.84. The molecule has 0 fully saturated rings. The van der Waals surface area contributed by atoms with Crippen LogP contribution in [0.1, 0.15) is 22.6 Å². The van der Waals surface area contributed by atoms with Gasteiger partial charge in [-0.25, -0.2) is 0 Å². The van der Waals surface area contributed by atoms with Crippen molar-refractivity contribution in [2.45, 2.75) is 5.92 Å². The smallest absolute Gasteiger partial charge is 0.248 e. The Morgan fingerprint density at radius 2 is 1.25 bits per heavy atom. The number of benzene rings is 2. The van der Waals surface area contributed by atoms with Crippen LogP contribution in [0.2, 0.25) is 0 Å². The van der Waals surface area contributed by atoms with Crippen LogP contribution in [-0.4, -0.2) is 4.98 Å². The fourth-order valence-electron chi connectivity index (χ4n) is 2.51. The Kier molecular flexibility index (Phi) is 3.46. The Bertz CT molecular complexity index is 692. The first-order valence-corrected chi connectivity index (χ1v) is 6.63. The van der Waals surface area contributed by atoms with Gasteiger partial charge in [-0.15, -0.1) is 0 Å². The summed E-state index contributed by atoms with van der Waals surface area (Å²) in [5.41, 5.74) is 3.30. The van der Waals surface area contributed by atoms with Gasteiger partial charge in [0.1, 0.15) is 0 Å². The van der Waals surface area contributed by atoms with Gasteiger partial charge in [0, 0.05) is 18.2 Å². The van der Waals surface area contributed by atoms with E-state index in [1.165, 1.54) is 11.1 Å². The van der Waals surface area contributed by atoms with Crippen LogP contribution in [0.25, 0.3) is 0 Å². The molecule has 0 aliphatic heterocycles. The predicted octanol–water partition coefficient (Wildman–Crippen LogP) is 3.56. The van der Waals surface area contributed by atoms with E-state index in [1.54, 1.807) is 12.3 Å². The molecular weight excluding hydrogens is 246 g/mol. The fraction of sp³-hybridized carbons (Fsp3) is 0.0556. The summed E-state index contributed by atoms with van der Waals surface area (Å²) in [6, 6.07) is 24.1. The number of aromatic nitrogens is 1. The monoisotopic (exact) mass is 261 g/mol. The van der Waals surface area contributed by atoms with Crippen LogP contribution in [0.4, 0.5) is 0 Å². The van der Waals surface area contributed by atoms with E-state index in [4.69, 9.17) is 0 Å². The molecule has 1 N–H and O–H groups in total. The highest BCUT2D eigenvalue weighted by molar-refractivity contribution is 5.42. The molecule has 0 saturated heterocycles. The number of pyridine rings is 1. The van der Waals surface area contributed by atoms with E-state index in [-0.39, 0.29) is 11.5 Å². The van der Waals surface area contributed by atoms with Crippen molar-refractivity contribution in [1.82, 2.24) is 4.98 Å². The van der Waals surface area contributed by atoms with Gasteiger partial charge in [-0.3, -0.25) is 4.79 Å². The highest BCUT2D eigenvalue weighted by Crippen LogP contribution is 2.30. The molecule has 0 saturated carbocycles. The zero-order chi connectivity index (χ0) is 13.8. The van der Waals surface area contributed by atoms with Crippen LogP contribution in [0.15, 0.2) is 83.8 Å². The van der Waals surface area contributed by atoms with Crippen LogP contribution in [0.5, 0.6) is 0 Å². The Labute approximate surface area is 117 Å². The molecule has 0 spiro atoms. The molecule has 2 heteroatoms. The largest absolute Gasteiger partial charge is 0.329 e. The molecule has 0 atom stereocenters. The molecule has 98 valence electrons. The molecular formula is C18H15NO. The molecule has 1 heterocycles. The van der Waals surface area contributed by atoms with Gasteiger partial charge < -0.3 is 4.98 Å². The number of hydrogen-bond donors (Lipinski definition) is 1. The van der Waals surface area contributed by atoms with E-state index < -0.39 is 0 Å². The van der Waals surface area contributed by atoms with Gasteiger partial charge in [-0.1, -0.05) is 60.7 Å². The highest BCUT2D eigenvalue weighted by atomic mass is 16.1. The van der Waals surface area contributed by atoms with Crippen LogP contribution < -0.4 is 5.56 Å². The Balaban J connectivity index is 2.16. The second kappa shape index (κ2) is 5.57. The molecule has 3 rings (SSSR count). The van der Waals surface area contributed by atoms with Gasteiger partial charge in [0.2, 0.25) is 5.56 Å². The predicted molar refractivity (Wildman–Crippen MR) is 80.9 cm³/mol. The number of nitrogens with one attached hydrogen (secondary N) is 1. The SMILES string of the molecule is O=c1cc(C(c2ccccc2)c2ccccc2)cc[nH]1. The second-order valence-electron chi connectivity index (χ2n) is 4.74. The van der Waals surface area contributed by atoms with Crippen LogP contribution >= 0.6 is 0 Å². The molecule has 1 aromatic heterocycles. The van der Waals surface area contributed by atoms with Gasteiger partial charge in [0.15, 0.2) is 0 Å². The van der Waals surface area contributed by atoms with E-state index in [0.717, 1.165) is 5.56 Å². The minimum atomic E-state index is -0.0700. The zero-order valence-electron chi connectivity index (χ0n) is 11.0. The lowest BCUT2D eigenvalue weighted by molar-refractivity contribution is 0.964. The molecule has 0 bridgehead atoms. The minimum Gasteiger partial charge on any atom is -0.329 e. The number of rotatable bonds is 3. The topological polar surface area (TPSA) is 32.9 Å². The third-order valence-corrected chi connectivity index (χ3v) is 3.40. The Morgan fingerprint density at radius 3 is 1.75 bits per heavy atom. The Morgan fingerprint density at radius 1 is 0.700 bits per heavy atom. The van der Waals surface area contributed by atoms with Gasteiger partial charge in [-0.2, -0.15) is 0 Å². The van der Waals surface area contributed by atoms with Gasteiger partial charge in [-0.05, 0) is 22.8 Å². The lowest BCUT2D eigenvalue weighted by Gasteiger charge is -2.18. The first kappa shape index (κ1) is 12.4. The van der Waals surface area contributed by atoms with Gasteiger partial charge >= 0.3 is 0 Å². The van der Waals surface area contributed by atoms with Crippen molar-refractivity contribution in [1.29, 1.82) is 0 Å². The normalized spacial score (nSPS) is 10.7. The van der Waals surface area contributed by atoms with Gasteiger partial charge in [0.05, 0.1) is 0 Å². The number of H-pyrrole nitrogens is 1. The van der Waals surface area contributed by atoms with Crippen LogP contribution in [0, 0.1) is 0 Å². The zero-order valence-corrected chi connectivity index (χ0v) is 11.0. The Hall–Kier alpha value is -2.61. The molecule has 2 aromatic carbocycles. The van der Waals surface area contributed by atoms with Crippen molar-refractivity contribution in [3.8, 4) is 0 Å². The molecule has 0 aliphatic carbocycles. The van der Waals surface area contributed by atoms with E-state index in [0.29, 0.717) is 0 Å². The van der Waals surface area contributed by atoms with Crippen molar-refractivity contribution in [2.75, 3.05) is 0 Å². The maximum Gasteiger partial charge on any atom is 0.248 e. The molecule has 20 heavy (non-hydrogen) atoms. The molecule has 3 aromatic rings. The number of aromatic amines is 1. The molecule has 0 amide bonds. The summed E-state index contributed by atoms with van der Waals surface area (Å²) in [7, 11) is 0. The number of hydrogen-bond acceptors (Lipinski definition) is 1. The quantitative estimate of drug-likeness (QED) is 0.768. The molecule has 0 radical (unpaired) electrons. The summed E-state index contributed by atoms with van der Waals surface area (Å²) in [5.74, 6) is 0.0831. The lowest BCUT2D eigenvalue weighted by atomic mass is 9.86. The fourth-order valence-corrected chi connectivity index (χ4v) is 2.51. The standard InChI is InChI=1S/C18H15NO/c20-17-13-16(11-12-19-17)18(14-7-3-1-4-8-14)15-9-5-2-6-10-15/h1-13,18H,(H,19,20). The summed E-state index contributed by atoms with van der Waals surface area (Å²) in [6.45, 7) is 0. The van der Waals surface area contributed by atoms with Crippen molar-refractivity contribution in [2.24, 2.45) is 0 Å². The third kappa shape index (κ3) is 2.54. The van der Waals surface area contributed by atoms with E-state index >= 15 is 0 Å². The third-order valence-electron chi connectivity index (χ3n) is 3.40. The van der Waals surface area contributed by atoms with Crippen molar-refractivity contribution < 1.29 is 0 Å². The second-order valence-corrected chi connectivity index (χ2v) is 4.74. The summed E-state index contributed by atoms with van der Waals surface area (Å²) < 4.78 is 0.